The average Bonchev–Trinajstić information content (AvgIpc) is 2.16. The number of hydrogen-bond acceptors (Lipinski definition) is 4. The Morgan fingerprint density at radius 1 is 1.46 bits per heavy atom. The molecule has 0 radical (unpaired) electrons. The topological polar surface area (TPSA) is 58.9 Å². The summed E-state index contributed by atoms with van der Waals surface area (Å²) in [6, 6.07) is 0. The zero-order valence-corrected chi connectivity index (χ0v) is 7.82. The predicted molar refractivity (Wildman–Crippen MR) is 47.0 cm³/mol. The maximum Gasteiger partial charge on any atom is 0.160 e. The molecule has 13 heavy (non-hydrogen) atoms. The number of aliphatic hydroxyl groups excluding tert-OH is 2. The largest absolute Gasteiger partial charge is 0.396 e. The molecule has 2 N–H and O–H groups in total. The first kappa shape index (κ1) is 10.9. The van der Waals surface area contributed by atoms with Crippen LogP contribution in [0, 0.1) is 0 Å². The average molecular weight is 190 g/mol. The molecule has 0 amide bonds. The first-order chi connectivity index (χ1) is 6.33. The number of ether oxygens (including phenoxy) is 2. The van der Waals surface area contributed by atoms with E-state index in [1.54, 1.807) is 0 Å². The van der Waals surface area contributed by atoms with Crippen LogP contribution in [0.25, 0.3) is 0 Å². The van der Waals surface area contributed by atoms with E-state index in [4.69, 9.17) is 14.6 Å². The quantitative estimate of drug-likeness (QED) is 0.624. The van der Waals surface area contributed by atoms with Crippen molar-refractivity contribution in [2.24, 2.45) is 0 Å². The van der Waals surface area contributed by atoms with Crippen LogP contribution in [-0.2, 0) is 9.47 Å². The first-order valence-corrected chi connectivity index (χ1v) is 4.89. The molecule has 1 fully saturated rings. The van der Waals surface area contributed by atoms with Gasteiger partial charge in [0.1, 0.15) is 0 Å². The molecule has 0 bridgehead atoms. The lowest BCUT2D eigenvalue weighted by atomic mass is 10.2. The zero-order chi connectivity index (χ0) is 9.52. The molecular weight excluding hydrogens is 172 g/mol. The summed E-state index contributed by atoms with van der Waals surface area (Å²) in [5, 5.41) is 17.8. The molecule has 1 rings (SSSR count). The van der Waals surface area contributed by atoms with E-state index in [0.717, 1.165) is 25.9 Å². The Morgan fingerprint density at radius 2 is 2.31 bits per heavy atom. The minimum atomic E-state index is -0.796. The maximum atomic E-state index is 9.32. The summed E-state index contributed by atoms with van der Waals surface area (Å²) < 4.78 is 10.5. The van der Waals surface area contributed by atoms with Crippen molar-refractivity contribution in [1.82, 2.24) is 0 Å². The van der Waals surface area contributed by atoms with Gasteiger partial charge in [-0.05, 0) is 25.7 Å². The third kappa shape index (κ3) is 4.57. The van der Waals surface area contributed by atoms with Crippen LogP contribution >= 0.6 is 0 Å². The van der Waals surface area contributed by atoms with E-state index in [9.17, 15) is 5.11 Å². The second-order valence-electron chi connectivity index (χ2n) is 3.25. The van der Waals surface area contributed by atoms with Gasteiger partial charge in [0.2, 0.25) is 0 Å². The first-order valence-electron chi connectivity index (χ1n) is 4.89. The van der Waals surface area contributed by atoms with Gasteiger partial charge in [-0.15, -0.1) is 0 Å². The normalized spacial score (nSPS) is 25.8. The second kappa shape index (κ2) is 6.32. The summed E-state index contributed by atoms with van der Waals surface area (Å²) in [5.41, 5.74) is 0. The Balaban J connectivity index is 2.07. The highest BCUT2D eigenvalue weighted by Crippen LogP contribution is 2.15. The van der Waals surface area contributed by atoms with Crippen LogP contribution in [0.3, 0.4) is 0 Å². The highest BCUT2D eigenvalue weighted by Gasteiger charge is 2.17. The molecule has 1 aliphatic heterocycles. The smallest absolute Gasteiger partial charge is 0.160 e. The van der Waals surface area contributed by atoms with Crippen molar-refractivity contribution in [2.45, 2.75) is 44.7 Å². The molecule has 0 spiro atoms. The predicted octanol–water partition coefficient (Wildman–Crippen LogP) is 0.620. The van der Waals surface area contributed by atoms with Crippen LogP contribution in [0.15, 0.2) is 0 Å². The van der Waals surface area contributed by atoms with E-state index in [1.807, 2.05) is 0 Å². The second-order valence-corrected chi connectivity index (χ2v) is 3.25. The van der Waals surface area contributed by atoms with Gasteiger partial charge in [0, 0.05) is 19.6 Å². The number of rotatable bonds is 5. The summed E-state index contributed by atoms with van der Waals surface area (Å²) in [6.07, 6.45) is 3.02. The van der Waals surface area contributed by atoms with Gasteiger partial charge >= 0.3 is 0 Å². The van der Waals surface area contributed by atoms with Crippen LogP contribution in [-0.4, -0.2) is 36.0 Å². The summed E-state index contributed by atoms with van der Waals surface area (Å²) in [4.78, 5) is 0. The Labute approximate surface area is 78.5 Å². The van der Waals surface area contributed by atoms with Crippen LogP contribution in [0.4, 0.5) is 0 Å². The van der Waals surface area contributed by atoms with Crippen molar-refractivity contribution in [2.75, 3.05) is 13.2 Å². The third-order valence-electron chi connectivity index (χ3n) is 2.06. The van der Waals surface area contributed by atoms with Gasteiger partial charge in [0.15, 0.2) is 12.6 Å². The molecule has 1 aliphatic rings. The van der Waals surface area contributed by atoms with Gasteiger partial charge in [-0.3, -0.25) is 0 Å². The van der Waals surface area contributed by atoms with Crippen molar-refractivity contribution in [3.63, 3.8) is 0 Å². The molecular formula is C9H18O4. The van der Waals surface area contributed by atoms with Crippen LogP contribution in [0.5, 0.6) is 0 Å². The van der Waals surface area contributed by atoms with Crippen LogP contribution in [0.2, 0.25) is 0 Å². The summed E-state index contributed by atoms with van der Waals surface area (Å²) in [6.45, 7) is 0.809. The fourth-order valence-electron chi connectivity index (χ4n) is 1.33. The fraction of sp³-hybridized carbons (Fsp3) is 1.00. The molecule has 1 heterocycles. The van der Waals surface area contributed by atoms with E-state index >= 15 is 0 Å². The third-order valence-corrected chi connectivity index (χ3v) is 2.06. The number of hydrogen-bond donors (Lipinski definition) is 2. The van der Waals surface area contributed by atoms with Gasteiger partial charge in [-0.25, -0.2) is 0 Å². The maximum absolute atomic E-state index is 9.32. The standard InChI is InChI=1S/C9H18O4/c10-6-3-4-8(11)13-9-5-1-2-7-12-9/h8-11H,1-7H2/t8?,9-/m1/s1. The lowest BCUT2D eigenvalue weighted by Gasteiger charge is -2.25. The minimum absolute atomic E-state index is 0.0892. The van der Waals surface area contributed by atoms with Crippen molar-refractivity contribution in [3.8, 4) is 0 Å². The molecule has 4 heteroatoms. The molecule has 1 saturated heterocycles. The Kier molecular flexibility index (Phi) is 5.31. The molecule has 0 aromatic carbocycles. The molecule has 0 aliphatic carbocycles. The van der Waals surface area contributed by atoms with Crippen molar-refractivity contribution in [3.05, 3.63) is 0 Å². The van der Waals surface area contributed by atoms with Gasteiger partial charge in [0.25, 0.3) is 0 Å². The molecule has 4 nitrogen and oxygen atoms in total. The SMILES string of the molecule is OCCCC(O)O[C@@H]1CCCCO1. The van der Waals surface area contributed by atoms with E-state index < -0.39 is 6.29 Å². The van der Waals surface area contributed by atoms with E-state index in [2.05, 4.69) is 0 Å². The summed E-state index contributed by atoms with van der Waals surface area (Å²) in [7, 11) is 0. The van der Waals surface area contributed by atoms with Gasteiger partial charge in [-0.1, -0.05) is 0 Å². The van der Waals surface area contributed by atoms with E-state index in [0.29, 0.717) is 12.8 Å². The fourth-order valence-corrected chi connectivity index (χ4v) is 1.33. The molecule has 0 aromatic rings. The van der Waals surface area contributed by atoms with Gasteiger partial charge < -0.3 is 19.7 Å². The van der Waals surface area contributed by atoms with Crippen molar-refractivity contribution < 1.29 is 19.7 Å². The lowest BCUT2D eigenvalue weighted by molar-refractivity contribution is -0.241. The summed E-state index contributed by atoms with van der Waals surface area (Å²) >= 11 is 0. The Hall–Kier alpha value is -0.160. The van der Waals surface area contributed by atoms with Crippen LogP contribution in [0.1, 0.15) is 32.1 Å². The Morgan fingerprint density at radius 3 is 2.92 bits per heavy atom. The molecule has 0 aromatic heterocycles. The van der Waals surface area contributed by atoms with Gasteiger partial charge in [0.05, 0.1) is 0 Å². The molecule has 2 atom stereocenters. The monoisotopic (exact) mass is 190 g/mol. The van der Waals surface area contributed by atoms with Crippen molar-refractivity contribution in [1.29, 1.82) is 0 Å². The zero-order valence-electron chi connectivity index (χ0n) is 7.82. The van der Waals surface area contributed by atoms with E-state index in [1.165, 1.54) is 0 Å². The number of aliphatic hydroxyl groups is 2. The van der Waals surface area contributed by atoms with Gasteiger partial charge in [-0.2, -0.15) is 0 Å². The van der Waals surface area contributed by atoms with Crippen molar-refractivity contribution >= 4 is 0 Å². The van der Waals surface area contributed by atoms with E-state index in [-0.39, 0.29) is 12.9 Å². The Bertz CT molecular complexity index is 123. The minimum Gasteiger partial charge on any atom is -0.396 e. The highest BCUT2D eigenvalue weighted by atomic mass is 16.7. The summed E-state index contributed by atoms with van der Waals surface area (Å²) in [5.74, 6) is 0. The molecule has 0 saturated carbocycles. The van der Waals surface area contributed by atoms with Crippen LogP contribution < -0.4 is 0 Å². The molecule has 1 unspecified atom stereocenters. The molecule has 78 valence electrons. The highest BCUT2D eigenvalue weighted by molar-refractivity contribution is 4.55. The lowest BCUT2D eigenvalue weighted by Crippen LogP contribution is -2.27.